The fourth-order valence-corrected chi connectivity index (χ4v) is 3.72. The monoisotopic (exact) mass is 530 g/mol. The van der Waals surface area contributed by atoms with Gasteiger partial charge in [0.1, 0.15) is 5.57 Å². The molecule has 2 N–H and O–H groups in total. The summed E-state index contributed by atoms with van der Waals surface area (Å²) in [5, 5.41) is 55.1. The number of Topliss-reactive ketones (excluding diaryl/α,β-unsaturated/α-hetero) is 1. The van der Waals surface area contributed by atoms with E-state index in [4.69, 9.17) is 0 Å². The van der Waals surface area contributed by atoms with Crippen LogP contribution in [-0.2, 0) is 9.59 Å². The van der Waals surface area contributed by atoms with Crippen LogP contribution in [0.2, 0.25) is 0 Å². The number of rotatable bonds is 5. The van der Waals surface area contributed by atoms with Gasteiger partial charge >= 0.3 is 101 Å². The van der Waals surface area contributed by atoms with Crippen molar-refractivity contribution in [3.05, 3.63) is 86.5 Å². The Morgan fingerprint density at radius 2 is 1.19 bits per heavy atom. The van der Waals surface area contributed by atoms with Crippen LogP contribution in [0.5, 0.6) is 11.5 Å². The zero-order valence-corrected chi connectivity index (χ0v) is 27.2. The molecule has 2 aromatic rings. The van der Waals surface area contributed by atoms with Crippen LogP contribution in [0.3, 0.4) is 0 Å². The van der Waals surface area contributed by atoms with E-state index in [2.05, 4.69) is 0 Å². The van der Waals surface area contributed by atoms with E-state index in [1.807, 2.05) is 0 Å². The van der Waals surface area contributed by atoms with Gasteiger partial charge in [0, 0.05) is 0 Å². The zero-order chi connectivity index (χ0) is 25.5. The molecule has 0 bridgehead atoms. The number of carbonyl (C=O) groups is 4. The summed E-state index contributed by atoms with van der Waals surface area (Å²) in [6.07, 6.45) is 2.44. The van der Waals surface area contributed by atoms with Gasteiger partial charge in [-0.2, -0.15) is 0 Å². The quantitative estimate of drug-likeness (QED) is 0.281. The van der Waals surface area contributed by atoms with Crippen LogP contribution < -0.4 is 104 Å². The fraction of sp³-hybridized carbons (Fsp3) is 0.120. The second-order valence-electron chi connectivity index (χ2n) is 7.78. The van der Waals surface area contributed by atoms with E-state index in [1.54, 1.807) is 0 Å². The van der Waals surface area contributed by atoms with E-state index in [1.165, 1.54) is 39.0 Å². The van der Waals surface area contributed by atoms with Crippen LogP contribution in [0.4, 0.5) is 0 Å². The zero-order valence-electron chi connectivity index (χ0n) is 21.2. The molecule has 1 aliphatic carbocycles. The number of aliphatic carboxylic acids is 1. The number of ketones is 1. The van der Waals surface area contributed by atoms with Crippen LogP contribution in [0.1, 0.15) is 49.9 Å². The van der Waals surface area contributed by atoms with Crippen molar-refractivity contribution < 1.29 is 133 Å². The van der Waals surface area contributed by atoms with Crippen LogP contribution in [-0.4, -0.2) is 33.9 Å². The summed E-state index contributed by atoms with van der Waals surface area (Å²) in [5.74, 6) is -6.95. The van der Waals surface area contributed by atoms with Crippen molar-refractivity contribution in [1.82, 2.24) is 0 Å². The Hall–Kier alpha value is -1.66. The molecule has 2 aromatic carbocycles. The Bertz CT molecular complexity index is 1330. The number of benzene rings is 2. The van der Waals surface area contributed by atoms with Gasteiger partial charge in [0.15, 0.2) is 5.78 Å². The van der Waals surface area contributed by atoms with Crippen molar-refractivity contribution in [2.75, 3.05) is 0 Å². The maximum atomic E-state index is 12.3. The van der Waals surface area contributed by atoms with E-state index in [-0.39, 0.29) is 128 Å². The Morgan fingerprint density at radius 3 is 1.62 bits per heavy atom. The molecule has 174 valence electrons. The fourth-order valence-electron chi connectivity index (χ4n) is 3.72. The minimum Gasteiger partial charge on any atom is -0.872 e. The molecule has 0 heterocycles. The predicted octanol–water partition coefficient (Wildman–Crippen LogP) is -8.13. The smallest absolute Gasteiger partial charge is 0.872 e. The van der Waals surface area contributed by atoms with Gasteiger partial charge in [0.2, 0.25) is 0 Å². The van der Waals surface area contributed by atoms with Crippen molar-refractivity contribution in [3.63, 3.8) is 0 Å². The third kappa shape index (κ3) is 7.26. The molecule has 0 radical (unpaired) electrons. The van der Waals surface area contributed by atoms with Crippen LogP contribution >= 0.6 is 0 Å². The van der Waals surface area contributed by atoms with Crippen molar-refractivity contribution in [3.8, 4) is 11.5 Å². The van der Waals surface area contributed by atoms with Gasteiger partial charge in [-0.3, -0.25) is 4.79 Å². The van der Waals surface area contributed by atoms with E-state index < -0.39 is 51.9 Å². The maximum Gasteiger partial charge on any atom is 1.00 e. The van der Waals surface area contributed by atoms with Gasteiger partial charge in [0.05, 0.1) is 11.5 Å². The third-order valence-electron chi connectivity index (χ3n) is 5.37. The van der Waals surface area contributed by atoms with Crippen LogP contribution in [0.15, 0.2) is 53.1 Å². The minimum atomic E-state index is -1.73. The molecule has 3 rings (SSSR count). The standard InChI is InChI=1S/C25H20O9.3Na/c1-10-4-13(7-16(20(10)26)23(29)30)19(14-5-11(2)21(27)17(8-14)24(31)32)15-6-12(3)22(28)18(9-15)25(33)34;;;/h4-9,26-27H,1-3H3,(H,29,30)(H,31,32)(H,33,34);;;/q;3*+1/p-3. The summed E-state index contributed by atoms with van der Waals surface area (Å²) in [6.45, 7) is 4.16. The summed E-state index contributed by atoms with van der Waals surface area (Å²) in [7, 11) is 0. The Balaban J connectivity index is 0.00000432. The number of carboxylic acid groups (broad SMARTS) is 3. The van der Waals surface area contributed by atoms with Gasteiger partial charge < -0.3 is 30.3 Å². The number of carbonyl (C=O) groups excluding carboxylic acids is 2. The average molecular weight is 530 g/mol. The molecule has 0 spiro atoms. The Morgan fingerprint density at radius 1 is 0.730 bits per heavy atom. The van der Waals surface area contributed by atoms with E-state index in [0.29, 0.717) is 0 Å². The molecule has 1 aliphatic rings. The molecule has 0 aliphatic heterocycles. The molecule has 0 saturated heterocycles. The van der Waals surface area contributed by atoms with Gasteiger partial charge in [-0.25, -0.2) is 9.59 Å². The van der Waals surface area contributed by atoms with Gasteiger partial charge in [-0.1, -0.05) is 34.8 Å². The molecule has 12 heteroatoms. The summed E-state index contributed by atoms with van der Waals surface area (Å²) < 4.78 is 0. The molecular weight excluding hydrogens is 513 g/mol. The minimum absolute atomic E-state index is 0. The number of aryl methyl sites for hydroxylation is 2. The normalized spacial score (nSPS) is 13.6. The number of carboxylic acids is 3. The van der Waals surface area contributed by atoms with E-state index in [0.717, 1.165) is 18.2 Å². The number of hydrogen-bond acceptors (Lipinski definition) is 7. The Kier molecular flexibility index (Phi) is 13.3. The predicted molar refractivity (Wildman–Crippen MR) is 113 cm³/mol. The molecule has 0 fully saturated rings. The van der Waals surface area contributed by atoms with Crippen LogP contribution in [0.25, 0.3) is 5.57 Å². The van der Waals surface area contributed by atoms with Gasteiger partial charge in [-0.15, -0.1) is 0 Å². The average Bonchev–Trinajstić information content (AvgIpc) is 2.74. The summed E-state index contributed by atoms with van der Waals surface area (Å²) >= 11 is 0. The number of hydrogen-bond donors (Lipinski definition) is 2. The molecule has 0 atom stereocenters. The number of aromatic carboxylic acids is 2. The molecule has 37 heavy (non-hydrogen) atoms. The largest absolute Gasteiger partial charge is 1.00 e. The first-order valence-electron chi connectivity index (χ1n) is 9.84. The molecular formula is C25H17Na3O9. The van der Waals surface area contributed by atoms with Crippen molar-refractivity contribution in [1.29, 1.82) is 0 Å². The Labute approximate surface area is 278 Å². The second kappa shape index (κ2) is 13.9. The van der Waals surface area contributed by atoms with E-state index >= 15 is 0 Å². The molecule has 9 nitrogen and oxygen atoms in total. The summed E-state index contributed by atoms with van der Waals surface area (Å²) in [4.78, 5) is 47.2. The first-order chi connectivity index (χ1) is 15.8. The first-order valence-corrected chi connectivity index (χ1v) is 9.84. The van der Waals surface area contributed by atoms with Crippen molar-refractivity contribution >= 4 is 29.3 Å². The molecule has 0 unspecified atom stereocenters. The van der Waals surface area contributed by atoms with Gasteiger partial charge in [0.25, 0.3) is 0 Å². The molecule has 0 saturated carbocycles. The van der Waals surface area contributed by atoms with Crippen molar-refractivity contribution in [2.45, 2.75) is 20.8 Å². The molecule has 0 amide bonds. The number of allylic oxidation sites excluding steroid dienone is 4. The van der Waals surface area contributed by atoms with Gasteiger partial charge in [-0.05, 0) is 78.5 Å². The summed E-state index contributed by atoms with van der Waals surface area (Å²) in [6, 6.07) is 4.82. The third-order valence-corrected chi connectivity index (χ3v) is 5.37. The topological polar surface area (TPSA) is 178 Å². The van der Waals surface area contributed by atoms with Crippen molar-refractivity contribution in [2.24, 2.45) is 0 Å². The molecule has 0 aromatic heterocycles. The summed E-state index contributed by atoms with van der Waals surface area (Å²) in [5.41, 5.74) is -1.04. The first kappa shape index (κ1) is 35.3. The van der Waals surface area contributed by atoms with E-state index in [9.17, 15) is 44.7 Å². The SMILES string of the molecule is CC1=C/C(=C(/c2cc(C)c([O-])c(C(=O)[O-])c2)c2cc(C)c([O-])c(C(=O)O)c2)C=C(C(=O)O)C1=O.[Na+].[Na+].[Na+]. The maximum absolute atomic E-state index is 12.3. The van der Waals surface area contributed by atoms with Crippen LogP contribution in [0, 0.1) is 13.8 Å². The second-order valence-corrected chi connectivity index (χ2v) is 7.78.